The van der Waals surface area contributed by atoms with Gasteiger partial charge in [0, 0.05) is 11.6 Å². The van der Waals surface area contributed by atoms with Crippen LogP contribution in [-0.2, 0) is 9.53 Å². The largest absolute Gasteiger partial charge is 0.467 e. The number of amides is 1. The van der Waals surface area contributed by atoms with E-state index in [0.29, 0.717) is 5.56 Å². The minimum absolute atomic E-state index is 0.101. The van der Waals surface area contributed by atoms with Crippen molar-refractivity contribution in [1.82, 2.24) is 4.90 Å². The summed E-state index contributed by atoms with van der Waals surface area (Å²) in [5, 5.41) is 0. The van der Waals surface area contributed by atoms with Crippen LogP contribution in [0.2, 0.25) is 0 Å². The van der Waals surface area contributed by atoms with E-state index in [9.17, 15) is 9.59 Å². The maximum atomic E-state index is 12.4. The second-order valence-corrected chi connectivity index (χ2v) is 4.51. The number of hydrogen-bond donors (Lipinski definition) is 0. The maximum absolute atomic E-state index is 12.4. The highest BCUT2D eigenvalue weighted by Crippen LogP contribution is 2.30. The van der Waals surface area contributed by atoms with Gasteiger partial charge in [0.1, 0.15) is 6.04 Å². The van der Waals surface area contributed by atoms with Crippen LogP contribution in [0.5, 0.6) is 0 Å². The number of esters is 1. The van der Waals surface area contributed by atoms with Crippen LogP contribution >= 0.6 is 0 Å². The lowest BCUT2D eigenvalue weighted by molar-refractivity contribution is -0.145. The summed E-state index contributed by atoms with van der Waals surface area (Å²) in [6.45, 7) is 1.71. The minimum Gasteiger partial charge on any atom is -0.467 e. The van der Waals surface area contributed by atoms with Gasteiger partial charge in [0.15, 0.2) is 0 Å². The Morgan fingerprint density at radius 1 is 1.28 bits per heavy atom. The molecule has 1 aromatic rings. The number of carbonyl (C=O) groups excluding carboxylic acids is 2. The third-order valence-electron chi connectivity index (χ3n) is 3.16. The van der Waals surface area contributed by atoms with Crippen LogP contribution in [0, 0.1) is 0 Å². The van der Waals surface area contributed by atoms with Crippen LogP contribution < -0.4 is 0 Å². The molecule has 0 N–H and O–H groups in total. The van der Waals surface area contributed by atoms with Crippen molar-refractivity contribution in [2.24, 2.45) is 0 Å². The molecule has 0 aromatic heterocycles. The topological polar surface area (TPSA) is 46.6 Å². The second kappa shape index (κ2) is 5.21. The molecule has 1 aromatic carbocycles. The standard InChI is InChI=1S/C14H17NO3/c1-10(14(17)18-2)15(12-8-9-12)13(16)11-6-4-3-5-7-11/h3-7,10,12H,8-9H2,1-2H3/t10-/m1/s1. The molecule has 96 valence electrons. The first-order chi connectivity index (χ1) is 8.65. The Morgan fingerprint density at radius 3 is 2.39 bits per heavy atom. The van der Waals surface area contributed by atoms with Crippen LogP contribution in [0.4, 0.5) is 0 Å². The number of carbonyl (C=O) groups is 2. The summed E-state index contributed by atoms with van der Waals surface area (Å²) in [4.78, 5) is 25.7. The highest BCUT2D eigenvalue weighted by atomic mass is 16.5. The molecule has 1 aliphatic carbocycles. The molecule has 4 heteroatoms. The van der Waals surface area contributed by atoms with Crippen LogP contribution in [-0.4, -0.2) is 36.0 Å². The zero-order valence-corrected chi connectivity index (χ0v) is 10.6. The molecule has 1 fully saturated rings. The number of nitrogens with zero attached hydrogens (tertiary/aromatic N) is 1. The van der Waals surface area contributed by atoms with Crippen LogP contribution in [0.3, 0.4) is 0 Å². The molecule has 0 radical (unpaired) electrons. The zero-order valence-electron chi connectivity index (χ0n) is 10.6. The van der Waals surface area contributed by atoms with E-state index >= 15 is 0 Å². The highest BCUT2D eigenvalue weighted by molar-refractivity contribution is 5.97. The van der Waals surface area contributed by atoms with Crippen molar-refractivity contribution < 1.29 is 14.3 Å². The molecule has 18 heavy (non-hydrogen) atoms. The van der Waals surface area contributed by atoms with E-state index < -0.39 is 6.04 Å². The molecule has 0 saturated heterocycles. The Kier molecular flexibility index (Phi) is 3.65. The summed E-state index contributed by atoms with van der Waals surface area (Å²) in [7, 11) is 1.34. The summed E-state index contributed by atoms with van der Waals surface area (Å²) >= 11 is 0. The quantitative estimate of drug-likeness (QED) is 0.763. The number of ether oxygens (including phenoxy) is 1. The van der Waals surface area contributed by atoms with Gasteiger partial charge < -0.3 is 9.64 Å². The molecule has 0 aliphatic heterocycles. The number of rotatable bonds is 4. The lowest BCUT2D eigenvalue weighted by atomic mass is 10.1. The van der Waals surface area contributed by atoms with Crippen molar-refractivity contribution in [1.29, 1.82) is 0 Å². The zero-order chi connectivity index (χ0) is 13.1. The third kappa shape index (κ3) is 2.53. The fourth-order valence-corrected chi connectivity index (χ4v) is 2.02. The van der Waals surface area contributed by atoms with Crippen molar-refractivity contribution in [3.05, 3.63) is 35.9 Å². The van der Waals surface area contributed by atoms with E-state index in [1.54, 1.807) is 24.0 Å². The smallest absolute Gasteiger partial charge is 0.328 e. The highest BCUT2D eigenvalue weighted by Gasteiger charge is 2.39. The third-order valence-corrected chi connectivity index (χ3v) is 3.16. The van der Waals surface area contributed by atoms with Gasteiger partial charge in [0.25, 0.3) is 5.91 Å². The predicted molar refractivity (Wildman–Crippen MR) is 67.1 cm³/mol. The summed E-state index contributed by atoms with van der Waals surface area (Å²) in [6, 6.07) is 8.68. The first-order valence-electron chi connectivity index (χ1n) is 6.10. The molecule has 0 heterocycles. The minimum atomic E-state index is -0.532. The summed E-state index contributed by atoms with van der Waals surface area (Å²) in [5.41, 5.74) is 0.611. The van der Waals surface area contributed by atoms with Crippen LogP contribution in [0.25, 0.3) is 0 Å². The molecule has 0 bridgehead atoms. The lowest BCUT2D eigenvalue weighted by Gasteiger charge is -2.27. The van der Waals surface area contributed by atoms with E-state index in [0.717, 1.165) is 12.8 Å². The molecule has 0 unspecified atom stereocenters. The van der Waals surface area contributed by atoms with E-state index in [1.165, 1.54) is 7.11 Å². The summed E-state index contributed by atoms with van der Waals surface area (Å²) in [5.74, 6) is -0.470. The number of methoxy groups -OCH3 is 1. The summed E-state index contributed by atoms with van der Waals surface area (Å²) < 4.78 is 4.72. The molecule has 4 nitrogen and oxygen atoms in total. The van der Waals surface area contributed by atoms with E-state index in [2.05, 4.69) is 0 Å². The Morgan fingerprint density at radius 2 is 1.89 bits per heavy atom. The fraction of sp³-hybridized carbons (Fsp3) is 0.429. The fourth-order valence-electron chi connectivity index (χ4n) is 2.02. The Labute approximate surface area is 107 Å². The van der Waals surface area contributed by atoms with Gasteiger partial charge in [-0.3, -0.25) is 4.79 Å². The molecule has 1 aliphatic rings. The van der Waals surface area contributed by atoms with Gasteiger partial charge in [0.05, 0.1) is 7.11 Å². The molecule has 0 spiro atoms. The van der Waals surface area contributed by atoms with Crippen molar-refractivity contribution in [3.8, 4) is 0 Å². The average Bonchev–Trinajstić information content (AvgIpc) is 3.23. The number of benzene rings is 1. The van der Waals surface area contributed by atoms with Crippen molar-refractivity contribution >= 4 is 11.9 Å². The molecule has 1 atom stereocenters. The molecule has 1 saturated carbocycles. The van der Waals surface area contributed by atoms with E-state index in [1.807, 2.05) is 18.2 Å². The number of hydrogen-bond acceptors (Lipinski definition) is 3. The lowest BCUT2D eigenvalue weighted by Crippen LogP contribution is -2.45. The van der Waals surface area contributed by atoms with Crippen LogP contribution in [0.1, 0.15) is 30.1 Å². The van der Waals surface area contributed by atoms with Crippen molar-refractivity contribution in [3.63, 3.8) is 0 Å². The van der Waals surface area contributed by atoms with Gasteiger partial charge in [-0.2, -0.15) is 0 Å². The van der Waals surface area contributed by atoms with Gasteiger partial charge >= 0.3 is 5.97 Å². The van der Waals surface area contributed by atoms with Gasteiger partial charge in [-0.1, -0.05) is 18.2 Å². The van der Waals surface area contributed by atoms with E-state index in [-0.39, 0.29) is 17.9 Å². The normalized spacial score (nSPS) is 15.9. The first-order valence-corrected chi connectivity index (χ1v) is 6.10. The average molecular weight is 247 g/mol. The monoisotopic (exact) mass is 247 g/mol. The van der Waals surface area contributed by atoms with Crippen molar-refractivity contribution in [2.45, 2.75) is 31.8 Å². The van der Waals surface area contributed by atoms with Gasteiger partial charge in [-0.25, -0.2) is 4.79 Å². The maximum Gasteiger partial charge on any atom is 0.328 e. The second-order valence-electron chi connectivity index (χ2n) is 4.51. The molecular formula is C14H17NO3. The molecule has 1 amide bonds. The van der Waals surface area contributed by atoms with Gasteiger partial charge in [0.2, 0.25) is 0 Å². The Balaban J connectivity index is 2.20. The van der Waals surface area contributed by atoms with Crippen molar-refractivity contribution in [2.75, 3.05) is 7.11 Å². The summed E-state index contributed by atoms with van der Waals surface area (Å²) in [6.07, 6.45) is 1.92. The van der Waals surface area contributed by atoms with Gasteiger partial charge in [-0.05, 0) is 31.9 Å². The SMILES string of the molecule is COC(=O)[C@@H](C)N(C(=O)c1ccccc1)C1CC1. The van der Waals surface area contributed by atoms with Gasteiger partial charge in [-0.15, -0.1) is 0 Å². The van der Waals surface area contributed by atoms with Crippen LogP contribution in [0.15, 0.2) is 30.3 Å². The first kappa shape index (κ1) is 12.6. The molecular weight excluding hydrogens is 230 g/mol. The Hall–Kier alpha value is -1.84. The molecule has 2 rings (SSSR count). The Bertz CT molecular complexity index is 440. The van der Waals surface area contributed by atoms with E-state index in [4.69, 9.17) is 4.74 Å². The predicted octanol–water partition coefficient (Wildman–Crippen LogP) is 1.85.